The predicted octanol–water partition coefficient (Wildman–Crippen LogP) is 3.60. The summed E-state index contributed by atoms with van der Waals surface area (Å²) in [5.74, 6) is -0.395. The van der Waals surface area contributed by atoms with Crippen LogP contribution in [0.1, 0.15) is 57.3 Å². The van der Waals surface area contributed by atoms with Crippen LogP contribution >= 0.6 is 0 Å². The number of nitrogens with zero attached hydrogens (tertiary/aromatic N) is 4. The minimum Gasteiger partial charge on any atom is -0.411 e. The number of aryl methyl sites for hydroxylation is 1. The van der Waals surface area contributed by atoms with E-state index in [1.165, 1.54) is 0 Å². The molecule has 4 rings (SSSR count). The van der Waals surface area contributed by atoms with Gasteiger partial charge in [0, 0.05) is 13.0 Å². The zero-order chi connectivity index (χ0) is 22.9. The summed E-state index contributed by atoms with van der Waals surface area (Å²) in [4.78, 5) is 21.6. The van der Waals surface area contributed by atoms with Crippen LogP contribution in [0, 0.1) is 6.92 Å². The Balaban J connectivity index is 0.00000306. The van der Waals surface area contributed by atoms with Gasteiger partial charge in [-0.05, 0) is 45.7 Å². The van der Waals surface area contributed by atoms with Crippen molar-refractivity contribution >= 4 is 15.7 Å². The topological polar surface area (TPSA) is 128 Å². The summed E-state index contributed by atoms with van der Waals surface area (Å²) in [6.45, 7) is 5.05. The molecule has 0 aliphatic heterocycles. The lowest BCUT2D eigenvalue weighted by molar-refractivity contribution is 0.0903. The molecular weight excluding hydrogens is 430 g/mol. The minimum atomic E-state index is -3.36. The van der Waals surface area contributed by atoms with Gasteiger partial charge in [0.25, 0.3) is 5.89 Å². The van der Waals surface area contributed by atoms with Gasteiger partial charge in [0.2, 0.25) is 0 Å². The van der Waals surface area contributed by atoms with Crippen molar-refractivity contribution in [2.24, 2.45) is 0 Å². The molecule has 0 spiro atoms. The second-order valence-corrected chi connectivity index (χ2v) is 10.7. The highest BCUT2D eigenvalue weighted by Gasteiger charge is 2.23. The quantitative estimate of drug-likeness (QED) is 0.594. The van der Waals surface area contributed by atoms with Crippen molar-refractivity contribution in [1.82, 2.24) is 25.5 Å². The second kappa shape index (κ2) is 8.78. The Kier molecular flexibility index (Phi) is 6.05. The van der Waals surface area contributed by atoms with E-state index < -0.39 is 15.1 Å². The fourth-order valence-electron chi connectivity index (χ4n) is 3.61. The monoisotopic (exact) mass is 457 g/mol. The number of rotatable bonds is 6. The second-order valence-electron chi connectivity index (χ2n) is 8.17. The molecule has 1 amide bonds. The summed E-state index contributed by atoms with van der Waals surface area (Å²) >= 11 is 0. The van der Waals surface area contributed by atoms with E-state index in [9.17, 15) is 13.2 Å². The number of benzene rings is 1. The smallest absolute Gasteiger partial charge is 0.309 e. The van der Waals surface area contributed by atoms with Gasteiger partial charge < -0.3 is 9.73 Å². The molecule has 1 aliphatic rings. The predicted molar refractivity (Wildman–Crippen MR) is 120 cm³/mol. The molecule has 1 aliphatic carbocycles. The van der Waals surface area contributed by atoms with E-state index >= 15 is 0 Å². The zero-order valence-electron chi connectivity index (χ0n) is 18.2. The maximum absolute atomic E-state index is 12.4. The van der Waals surface area contributed by atoms with E-state index in [-0.39, 0.29) is 30.1 Å². The standard InChI is InChI=1S/C22H25N5O4S.H2/c1-13(2)32(29,30)17-10-8-15(9-11-17)18-12-23-14(3)19(25-18)21-26-27-22(31-21)20(28)24-16-6-4-5-7-16;/h8-13,16H,4-7H2,1-3H3,(H,24,28);1H. The number of carbonyl (C=O) groups is 1. The van der Waals surface area contributed by atoms with Crippen LogP contribution in [-0.4, -0.2) is 45.8 Å². The number of hydrogen-bond acceptors (Lipinski definition) is 8. The molecule has 2 heterocycles. The average molecular weight is 458 g/mol. The van der Waals surface area contributed by atoms with Gasteiger partial charge in [-0.3, -0.25) is 9.78 Å². The molecule has 0 unspecified atom stereocenters. The first-order chi connectivity index (χ1) is 15.3. The first-order valence-electron chi connectivity index (χ1n) is 10.6. The molecule has 1 saturated carbocycles. The van der Waals surface area contributed by atoms with Crippen molar-refractivity contribution in [1.29, 1.82) is 0 Å². The number of hydrogen-bond donors (Lipinski definition) is 1. The summed E-state index contributed by atoms with van der Waals surface area (Å²) < 4.78 is 30.3. The highest BCUT2D eigenvalue weighted by atomic mass is 32.2. The van der Waals surface area contributed by atoms with Gasteiger partial charge in [-0.25, -0.2) is 13.4 Å². The summed E-state index contributed by atoms with van der Waals surface area (Å²) in [7, 11) is -3.36. The highest BCUT2D eigenvalue weighted by Crippen LogP contribution is 2.26. The molecule has 170 valence electrons. The van der Waals surface area contributed by atoms with Crippen LogP contribution in [0.4, 0.5) is 0 Å². The summed E-state index contributed by atoms with van der Waals surface area (Å²) in [5.41, 5.74) is 2.15. The highest BCUT2D eigenvalue weighted by molar-refractivity contribution is 7.92. The lowest BCUT2D eigenvalue weighted by Gasteiger charge is -2.09. The molecule has 32 heavy (non-hydrogen) atoms. The molecule has 2 aromatic heterocycles. The normalized spacial score (nSPS) is 14.8. The van der Waals surface area contributed by atoms with Crippen LogP contribution in [0.3, 0.4) is 0 Å². The zero-order valence-corrected chi connectivity index (χ0v) is 19.0. The van der Waals surface area contributed by atoms with Crippen LogP contribution in [0.25, 0.3) is 22.8 Å². The van der Waals surface area contributed by atoms with Crippen molar-refractivity contribution in [3.8, 4) is 22.8 Å². The summed E-state index contributed by atoms with van der Waals surface area (Å²) in [6, 6.07) is 6.64. The van der Waals surface area contributed by atoms with Gasteiger partial charge in [0.15, 0.2) is 9.84 Å². The van der Waals surface area contributed by atoms with Crippen molar-refractivity contribution in [3.63, 3.8) is 0 Å². The van der Waals surface area contributed by atoms with Gasteiger partial charge in [0.05, 0.1) is 27.7 Å². The van der Waals surface area contributed by atoms with Crippen molar-refractivity contribution < 1.29 is 19.1 Å². The number of sulfone groups is 1. The first-order valence-corrected chi connectivity index (χ1v) is 12.1. The van der Waals surface area contributed by atoms with Gasteiger partial charge >= 0.3 is 11.8 Å². The average Bonchev–Trinajstić information content (AvgIpc) is 3.46. The minimum absolute atomic E-state index is 0. The third kappa shape index (κ3) is 4.40. The van der Waals surface area contributed by atoms with Crippen LogP contribution in [0.5, 0.6) is 0 Å². The Bertz CT molecular complexity index is 1240. The number of amides is 1. The van der Waals surface area contributed by atoms with Crippen LogP contribution < -0.4 is 5.32 Å². The van der Waals surface area contributed by atoms with Crippen LogP contribution in [-0.2, 0) is 9.84 Å². The van der Waals surface area contributed by atoms with Gasteiger partial charge in [-0.15, -0.1) is 10.2 Å². The Morgan fingerprint density at radius 1 is 1.16 bits per heavy atom. The van der Waals surface area contributed by atoms with E-state index in [1.807, 2.05) is 0 Å². The Morgan fingerprint density at radius 3 is 2.50 bits per heavy atom. The summed E-state index contributed by atoms with van der Waals surface area (Å²) in [5, 5.41) is 10.3. The van der Waals surface area contributed by atoms with Crippen LogP contribution in [0.2, 0.25) is 0 Å². The molecule has 1 aromatic carbocycles. The van der Waals surface area contributed by atoms with Gasteiger partial charge in [-0.1, -0.05) is 25.0 Å². The Hall–Kier alpha value is -3.14. The van der Waals surface area contributed by atoms with E-state index in [2.05, 4.69) is 25.5 Å². The van der Waals surface area contributed by atoms with E-state index in [0.29, 0.717) is 22.6 Å². The SMILES string of the molecule is Cc1ncc(-c2ccc(S(=O)(=O)C(C)C)cc2)nc1-c1nnc(C(=O)NC2CCCC2)o1.[HH]. The summed E-state index contributed by atoms with van der Waals surface area (Å²) in [6.07, 6.45) is 5.71. The lowest BCUT2D eigenvalue weighted by Crippen LogP contribution is -2.32. The molecule has 0 saturated heterocycles. The van der Waals surface area contributed by atoms with Gasteiger partial charge in [-0.2, -0.15) is 0 Å². The molecule has 9 nitrogen and oxygen atoms in total. The molecule has 3 aromatic rings. The molecular formula is C22H27N5O4S. The van der Waals surface area contributed by atoms with Crippen molar-refractivity contribution in [3.05, 3.63) is 42.0 Å². The molecule has 0 radical (unpaired) electrons. The molecule has 0 bridgehead atoms. The number of aromatic nitrogens is 4. The molecule has 10 heteroatoms. The Morgan fingerprint density at radius 2 is 1.84 bits per heavy atom. The molecule has 0 atom stereocenters. The maximum atomic E-state index is 12.4. The molecule has 1 N–H and O–H groups in total. The third-order valence-electron chi connectivity index (χ3n) is 5.57. The van der Waals surface area contributed by atoms with Gasteiger partial charge in [0.1, 0.15) is 5.69 Å². The Labute approximate surface area is 188 Å². The fraction of sp³-hybridized carbons (Fsp3) is 0.409. The first kappa shape index (κ1) is 22.1. The van der Waals surface area contributed by atoms with E-state index in [4.69, 9.17) is 4.42 Å². The largest absolute Gasteiger partial charge is 0.411 e. The third-order valence-corrected chi connectivity index (χ3v) is 7.74. The van der Waals surface area contributed by atoms with E-state index in [1.54, 1.807) is 51.2 Å². The van der Waals surface area contributed by atoms with Crippen molar-refractivity contribution in [2.45, 2.75) is 62.6 Å². The van der Waals surface area contributed by atoms with Crippen molar-refractivity contribution in [2.75, 3.05) is 0 Å². The van der Waals surface area contributed by atoms with Crippen LogP contribution in [0.15, 0.2) is 39.8 Å². The lowest BCUT2D eigenvalue weighted by atomic mass is 10.1. The maximum Gasteiger partial charge on any atom is 0.309 e. The fourth-order valence-corrected chi connectivity index (χ4v) is 4.67. The number of nitrogens with one attached hydrogen (secondary N) is 1. The van der Waals surface area contributed by atoms with E-state index in [0.717, 1.165) is 25.7 Å². The molecule has 1 fully saturated rings. The number of carbonyl (C=O) groups excluding carboxylic acids is 1.